The van der Waals surface area contributed by atoms with Crippen LogP contribution < -0.4 is 25.4 Å². The zero-order valence-electron chi connectivity index (χ0n) is 42.1. The van der Waals surface area contributed by atoms with Crippen molar-refractivity contribution in [1.82, 2.24) is 28.6 Å². The number of ether oxygens (including phenoxy) is 1. The van der Waals surface area contributed by atoms with E-state index in [1.807, 2.05) is 40.3 Å². The number of hydrogen-bond donors (Lipinski definition) is 3. The van der Waals surface area contributed by atoms with E-state index in [0.29, 0.717) is 107 Å². The molecule has 6 heterocycles. The Kier molecular flexibility index (Phi) is 13.8. The minimum absolute atomic E-state index is 0.0858. The third kappa shape index (κ3) is 9.80. The van der Waals surface area contributed by atoms with Gasteiger partial charge < -0.3 is 29.4 Å². The number of carbonyl (C=O) groups excluding carboxylic acids is 1. The summed E-state index contributed by atoms with van der Waals surface area (Å²) in [4.78, 5) is 51.1. The van der Waals surface area contributed by atoms with Crippen LogP contribution in [0.3, 0.4) is 0 Å². The van der Waals surface area contributed by atoms with Gasteiger partial charge in [-0.15, -0.1) is 0 Å². The molecule has 0 bridgehead atoms. The number of nitro groups is 1. The molecule has 0 atom stereocenters. The number of aromatic amines is 1. The second kappa shape index (κ2) is 20.2. The second-order valence-corrected chi connectivity index (χ2v) is 23.5. The molecule has 2 aliphatic rings. The van der Waals surface area contributed by atoms with Crippen molar-refractivity contribution in [3.05, 3.63) is 140 Å². The fraction of sp³-hybridized carbons (Fsp3) is 0.302. The van der Waals surface area contributed by atoms with Gasteiger partial charge in [0.05, 0.1) is 37.2 Å². The van der Waals surface area contributed by atoms with Crippen molar-refractivity contribution in [3.8, 4) is 28.1 Å². The van der Waals surface area contributed by atoms with Crippen LogP contribution in [0.15, 0.2) is 112 Å². The smallest absolute Gasteiger partial charge is 0.293 e. The lowest BCUT2D eigenvalue weighted by Crippen LogP contribution is -2.46. The highest BCUT2D eigenvalue weighted by Gasteiger charge is 2.32. The van der Waals surface area contributed by atoms with Crippen molar-refractivity contribution in [3.63, 3.8) is 0 Å². The summed E-state index contributed by atoms with van der Waals surface area (Å²) in [6.07, 6.45) is 4.38. The van der Waals surface area contributed by atoms with Crippen LogP contribution in [0.25, 0.3) is 50.1 Å². The lowest BCUT2D eigenvalue weighted by atomic mass is 9.99. The van der Waals surface area contributed by atoms with Crippen LogP contribution in [0.1, 0.15) is 48.8 Å². The van der Waals surface area contributed by atoms with Gasteiger partial charge in [0.15, 0.2) is 15.4 Å². The number of hydrogen-bond acceptors (Lipinski definition) is 13. The van der Waals surface area contributed by atoms with E-state index in [4.69, 9.17) is 16.3 Å². The van der Waals surface area contributed by atoms with Crippen LogP contribution in [0.2, 0.25) is 5.02 Å². The number of carbonyl (C=O) groups is 1. The molecule has 2 saturated heterocycles. The topological polar surface area (TPSA) is 229 Å². The van der Waals surface area contributed by atoms with Crippen molar-refractivity contribution < 1.29 is 35.7 Å². The monoisotopic (exact) mass is 1090 g/mol. The molecule has 2 aliphatic heterocycles. The van der Waals surface area contributed by atoms with Gasteiger partial charge in [-0.05, 0) is 123 Å². The Morgan fingerprint density at radius 3 is 2.29 bits per heavy atom. The van der Waals surface area contributed by atoms with Gasteiger partial charge in [-0.2, -0.15) is 0 Å². The zero-order valence-corrected chi connectivity index (χ0v) is 44.5. The van der Waals surface area contributed by atoms with Crippen LogP contribution in [0.5, 0.6) is 0 Å². The Labute approximate surface area is 442 Å². The van der Waals surface area contributed by atoms with Crippen molar-refractivity contribution >= 4 is 82.2 Å². The molecule has 76 heavy (non-hydrogen) atoms. The number of H-pyrrole nitrogens is 1. The van der Waals surface area contributed by atoms with Gasteiger partial charge in [-0.3, -0.25) is 19.7 Å². The third-order valence-electron chi connectivity index (χ3n) is 14.2. The molecule has 3 N–H and O–H groups in total. The number of anilines is 3. The van der Waals surface area contributed by atoms with Crippen LogP contribution in [0, 0.1) is 28.8 Å². The number of nitro benzene ring substituents is 1. The quantitative estimate of drug-likeness (QED) is 0.0685. The number of pyridine rings is 1. The highest BCUT2D eigenvalue weighted by molar-refractivity contribution is 7.91. The van der Waals surface area contributed by atoms with Gasteiger partial charge in [0, 0.05) is 111 Å². The normalized spacial score (nSPS) is 14.8. The van der Waals surface area contributed by atoms with Crippen molar-refractivity contribution in [2.75, 3.05) is 67.3 Å². The fourth-order valence-electron chi connectivity index (χ4n) is 10.6. The lowest BCUT2D eigenvalue weighted by molar-refractivity contribution is -0.384. The number of fused-ring (bicyclic) bond motifs is 2. The molecule has 1 amide bonds. The van der Waals surface area contributed by atoms with Gasteiger partial charge in [-0.1, -0.05) is 23.7 Å². The first-order chi connectivity index (χ1) is 36.2. The molecule has 2 fully saturated rings. The summed E-state index contributed by atoms with van der Waals surface area (Å²) >= 11 is 6.29. The first-order valence-corrected chi connectivity index (χ1v) is 28.3. The number of piperazine rings is 1. The molecule has 0 spiro atoms. The fourth-order valence-corrected chi connectivity index (χ4v) is 12.9. The molecular weight excluding hydrogens is 1040 g/mol. The van der Waals surface area contributed by atoms with Crippen molar-refractivity contribution in [2.45, 2.75) is 49.4 Å². The number of nitrogens with zero attached hydrogens (tertiary/aromatic N) is 7. The minimum atomic E-state index is -4.72. The number of rotatable bonds is 14. The summed E-state index contributed by atoms with van der Waals surface area (Å²) in [6.45, 7) is 8.78. The molecule has 23 heteroatoms. The van der Waals surface area contributed by atoms with E-state index in [1.165, 1.54) is 46.7 Å². The van der Waals surface area contributed by atoms with Crippen molar-refractivity contribution in [1.29, 1.82) is 0 Å². The molecule has 0 unspecified atom stereocenters. The van der Waals surface area contributed by atoms with Gasteiger partial charge in [0.2, 0.25) is 0 Å². The molecule has 19 nitrogen and oxygen atoms in total. The maximum Gasteiger partial charge on any atom is 0.293 e. The molecule has 4 aromatic heterocycles. The SMILES string of the molecule is Cc1c(S(C)(=O)=O)c(-c2cc(F)cc(N3CCN(c4ccc(C(=O)NS(=O)(=O)c5ccc(NCC6CCOCC6)c([N+](=O)[O-])c5)c(-n5c6cc7cc[nH]c7nc6c(=O)n5C)c4)CC3)c2)c(-c2ccc(Cl)cc2)n1C(C)C. The minimum Gasteiger partial charge on any atom is -0.381 e. The summed E-state index contributed by atoms with van der Waals surface area (Å²) in [5.74, 6) is -1.41. The second-order valence-electron chi connectivity index (χ2n) is 19.5. The number of amides is 1. The maximum absolute atomic E-state index is 16.0. The van der Waals surface area contributed by atoms with Crippen LogP contribution >= 0.6 is 11.6 Å². The Morgan fingerprint density at radius 2 is 1.62 bits per heavy atom. The predicted octanol–water partition coefficient (Wildman–Crippen LogP) is 8.62. The average Bonchev–Trinajstić information content (AvgIpc) is 4.06. The molecule has 396 valence electrons. The van der Waals surface area contributed by atoms with Crippen LogP contribution in [0.4, 0.5) is 27.1 Å². The number of sulfone groups is 1. The van der Waals surface area contributed by atoms with E-state index in [-0.39, 0.29) is 39.3 Å². The van der Waals surface area contributed by atoms with Crippen LogP contribution in [-0.2, 0) is 31.6 Å². The molecule has 0 aliphatic carbocycles. The third-order valence-corrected chi connectivity index (χ3v) is 17.0. The van der Waals surface area contributed by atoms with E-state index in [1.54, 1.807) is 55.6 Å². The van der Waals surface area contributed by atoms with Crippen molar-refractivity contribution in [2.24, 2.45) is 13.0 Å². The van der Waals surface area contributed by atoms with Gasteiger partial charge in [-0.25, -0.2) is 40.3 Å². The summed E-state index contributed by atoms with van der Waals surface area (Å²) in [6, 6.07) is 23.2. The standard InChI is InChI=1S/C53H54ClFN10O9S2/c1-31(2)63-32(3)50(75(5,70)71)47(49(63)34-6-8-37(54)9-7-34)36-24-38(55)27-40(25-36)62-20-18-61(19-21-62)39-10-12-42(44(28-39)64-46-26-35-14-17-56-51(35)58-48(46)53(67)60(64)4)52(66)59-76(72,73)41-11-13-43(45(29-41)65(68)69)57-30-33-15-22-74-23-16-33/h6-14,17,24-29,31,33,57H,15-16,18-23,30H2,1-5H3,(H,56,58)(H,59,66). The first kappa shape index (κ1) is 51.9. The van der Waals surface area contributed by atoms with E-state index in [9.17, 15) is 36.5 Å². The number of aromatic nitrogens is 5. The van der Waals surface area contributed by atoms with Gasteiger partial charge >= 0.3 is 0 Å². The summed E-state index contributed by atoms with van der Waals surface area (Å²) in [5, 5.41) is 16.5. The summed E-state index contributed by atoms with van der Waals surface area (Å²) in [5.41, 5.74) is 3.78. The zero-order chi connectivity index (χ0) is 54.0. The average molecular weight is 1090 g/mol. The van der Waals surface area contributed by atoms with Crippen LogP contribution in [-0.4, -0.2) is 104 Å². The number of halogens is 2. The largest absolute Gasteiger partial charge is 0.381 e. The van der Waals surface area contributed by atoms with E-state index in [2.05, 4.69) is 20.0 Å². The van der Waals surface area contributed by atoms with E-state index in [0.717, 1.165) is 25.2 Å². The Morgan fingerprint density at radius 1 is 0.921 bits per heavy atom. The molecule has 4 aromatic carbocycles. The van der Waals surface area contributed by atoms with E-state index >= 15 is 4.39 Å². The number of sulfonamides is 1. The lowest BCUT2D eigenvalue weighted by Gasteiger charge is -2.38. The number of benzene rings is 4. The molecule has 0 saturated carbocycles. The molecule has 8 aromatic rings. The van der Waals surface area contributed by atoms with Gasteiger partial charge in [0.25, 0.3) is 27.2 Å². The Bertz CT molecular complexity index is 3910. The predicted molar refractivity (Wildman–Crippen MR) is 291 cm³/mol. The molecule has 0 radical (unpaired) electrons. The maximum atomic E-state index is 16.0. The Hall–Kier alpha value is -7.53. The highest BCUT2D eigenvalue weighted by Crippen LogP contribution is 2.45. The summed E-state index contributed by atoms with van der Waals surface area (Å²) in [7, 11) is -7.06. The van der Waals surface area contributed by atoms with Gasteiger partial charge in [0.1, 0.15) is 17.2 Å². The Balaban J connectivity index is 0.979. The first-order valence-electron chi connectivity index (χ1n) is 24.6. The molecule has 10 rings (SSSR count). The molecular formula is C53H54ClFN10O9S2. The van der Waals surface area contributed by atoms with E-state index < -0.39 is 52.7 Å². The highest BCUT2D eigenvalue weighted by atomic mass is 35.5. The summed E-state index contributed by atoms with van der Waals surface area (Å²) < 4.78 is 83.6. The number of nitrogens with one attached hydrogen (secondary N) is 3.